The molecule has 3 aromatic rings. The van der Waals surface area contributed by atoms with Crippen LogP contribution in [0.15, 0.2) is 67.5 Å². The molecule has 2 aromatic heterocycles. The number of amides is 2. The van der Waals surface area contributed by atoms with Crippen molar-refractivity contribution in [1.82, 2.24) is 25.3 Å². The van der Waals surface area contributed by atoms with Gasteiger partial charge in [-0.2, -0.15) is 0 Å². The zero-order valence-corrected chi connectivity index (χ0v) is 22.0. The van der Waals surface area contributed by atoms with Crippen molar-refractivity contribution in [3.63, 3.8) is 0 Å². The molecule has 6 rings (SSSR count). The molecule has 2 aliphatic carbocycles. The van der Waals surface area contributed by atoms with Gasteiger partial charge in [0.1, 0.15) is 11.6 Å². The molecule has 11 heteroatoms. The molecule has 2 saturated carbocycles. The summed E-state index contributed by atoms with van der Waals surface area (Å²) in [5.41, 5.74) is 0.360. The molecular weight excluding hydrogens is 518 g/mol. The van der Waals surface area contributed by atoms with E-state index in [1.165, 1.54) is 0 Å². The summed E-state index contributed by atoms with van der Waals surface area (Å²) in [6.45, 7) is 4.15. The Morgan fingerprint density at radius 2 is 1.92 bits per heavy atom. The average Bonchev–Trinajstić information content (AvgIpc) is 3.86. The molecule has 3 N–H and O–H groups in total. The minimum atomic E-state index is -3.73. The van der Waals surface area contributed by atoms with Gasteiger partial charge >= 0.3 is 0 Å². The zero-order chi connectivity index (χ0) is 27.2. The van der Waals surface area contributed by atoms with Gasteiger partial charge in [0, 0.05) is 42.2 Å². The van der Waals surface area contributed by atoms with Crippen molar-refractivity contribution in [3.05, 3.63) is 67.5 Å². The quantitative estimate of drug-likeness (QED) is 0.346. The first-order valence-electron chi connectivity index (χ1n) is 13.0. The van der Waals surface area contributed by atoms with E-state index in [0.717, 1.165) is 22.0 Å². The van der Waals surface area contributed by atoms with Crippen LogP contribution >= 0.6 is 0 Å². The second-order valence-electron chi connectivity index (χ2n) is 10.4. The Labute approximate surface area is 226 Å². The number of sulfonamides is 1. The van der Waals surface area contributed by atoms with Crippen molar-refractivity contribution in [2.45, 2.75) is 48.6 Å². The van der Waals surface area contributed by atoms with E-state index in [0.29, 0.717) is 38.1 Å². The first-order chi connectivity index (χ1) is 18.8. The lowest BCUT2D eigenvalue weighted by Gasteiger charge is -2.21. The van der Waals surface area contributed by atoms with Crippen molar-refractivity contribution >= 4 is 32.6 Å². The Morgan fingerprint density at radius 1 is 1.15 bits per heavy atom. The number of hydrogen-bond donors (Lipinski definition) is 3. The minimum absolute atomic E-state index is 0.304. The molecule has 39 heavy (non-hydrogen) atoms. The molecule has 0 bridgehead atoms. The molecule has 0 radical (unpaired) electrons. The molecular formula is C28H29N5O5S. The topological polar surface area (TPSA) is 139 Å². The number of carbonyl (C=O) groups is 2. The van der Waals surface area contributed by atoms with Crippen LogP contribution in [0, 0.1) is 5.92 Å². The number of nitrogens with one attached hydrogen (secondary N) is 3. The molecule has 3 aliphatic rings. The minimum Gasteiger partial charge on any atom is -0.472 e. The van der Waals surface area contributed by atoms with Gasteiger partial charge in [-0.3, -0.25) is 19.3 Å². The fraction of sp³-hybridized carbons (Fsp3) is 0.357. The SMILES string of the molecule is C=C[C@@H]1C[C@]1(NC(=O)[C@@H]1C[C@@H](Oc2nc(-c3ccncc3)cc3ccccc23)CN1)C(=O)NS(=O)(=O)C1CC1. The van der Waals surface area contributed by atoms with Crippen molar-refractivity contribution in [3.8, 4) is 17.1 Å². The van der Waals surface area contributed by atoms with E-state index in [1.54, 1.807) is 18.5 Å². The second kappa shape index (κ2) is 9.73. The summed E-state index contributed by atoms with van der Waals surface area (Å²) >= 11 is 0. The molecule has 2 amide bonds. The predicted molar refractivity (Wildman–Crippen MR) is 145 cm³/mol. The van der Waals surface area contributed by atoms with E-state index in [4.69, 9.17) is 9.72 Å². The smallest absolute Gasteiger partial charge is 0.259 e. The number of hydrogen-bond acceptors (Lipinski definition) is 8. The molecule has 3 fully saturated rings. The highest BCUT2D eigenvalue weighted by Gasteiger charge is 2.61. The number of pyridine rings is 2. The summed E-state index contributed by atoms with van der Waals surface area (Å²) in [5, 5.41) is 7.29. The van der Waals surface area contributed by atoms with Crippen LogP contribution < -0.4 is 20.1 Å². The van der Waals surface area contributed by atoms with Crippen LogP contribution in [0.25, 0.3) is 22.0 Å². The lowest BCUT2D eigenvalue weighted by atomic mass is 10.1. The van der Waals surface area contributed by atoms with E-state index in [-0.39, 0.29) is 17.9 Å². The van der Waals surface area contributed by atoms with Gasteiger partial charge in [0.2, 0.25) is 21.8 Å². The van der Waals surface area contributed by atoms with Crippen molar-refractivity contribution in [1.29, 1.82) is 0 Å². The first kappa shape index (κ1) is 25.4. The number of nitrogens with zero attached hydrogens (tertiary/aromatic N) is 2. The lowest BCUT2D eigenvalue weighted by Crippen LogP contribution is -2.55. The number of rotatable bonds is 9. The normalized spacial score (nSPS) is 26.1. The van der Waals surface area contributed by atoms with Gasteiger partial charge in [-0.1, -0.05) is 24.3 Å². The van der Waals surface area contributed by atoms with Gasteiger partial charge in [0.25, 0.3) is 5.91 Å². The highest BCUT2D eigenvalue weighted by molar-refractivity contribution is 7.91. The van der Waals surface area contributed by atoms with Crippen LogP contribution in [-0.2, 0) is 19.6 Å². The third-order valence-corrected chi connectivity index (χ3v) is 9.43. The van der Waals surface area contributed by atoms with E-state index in [9.17, 15) is 18.0 Å². The summed E-state index contributed by atoms with van der Waals surface area (Å²) in [7, 11) is -3.73. The molecule has 202 valence electrons. The van der Waals surface area contributed by atoms with E-state index in [2.05, 4.69) is 26.9 Å². The van der Waals surface area contributed by atoms with Crippen molar-refractivity contribution < 1.29 is 22.7 Å². The van der Waals surface area contributed by atoms with Crippen LogP contribution in [0.3, 0.4) is 0 Å². The fourth-order valence-electron chi connectivity index (χ4n) is 5.10. The van der Waals surface area contributed by atoms with E-state index < -0.39 is 32.8 Å². The number of carbonyl (C=O) groups excluding carboxylic acids is 2. The number of benzene rings is 1. The first-order valence-corrected chi connectivity index (χ1v) is 14.5. The third-order valence-electron chi connectivity index (χ3n) is 7.62. The lowest BCUT2D eigenvalue weighted by molar-refractivity contribution is -0.130. The van der Waals surface area contributed by atoms with Gasteiger partial charge in [0.05, 0.1) is 17.0 Å². The van der Waals surface area contributed by atoms with Crippen molar-refractivity contribution in [2.24, 2.45) is 5.92 Å². The zero-order valence-electron chi connectivity index (χ0n) is 21.2. The number of aromatic nitrogens is 2. The Bertz CT molecular complexity index is 1560. The molecule has 10 nitrogen and oxygen atoms in total. The second-order valence-corrected chi connectivity index (χ2v) is 12.3. The van der Waals surface area contributed by atoms with Gasteiger partial charge in [-0.05, 0) is 48.9 Å². The Kier molecular flexibility index (Phi) is 6.35. The molecule has 3 heterocycles. The number of fused-ring (bicyclic) bond motifs is 1. The third kappa shape index (κ3) is 4.99. The fourth-order valence-corrected chi connectivity index (χ4v) is 6.46. The monoisotopic (exact) mass is 547 g/mol. The Morgan fingerprint density at radius 3 is 2.64 bits per heavy atom. The maximum atomic E-state index is 13.2. The highest BCUT2D eigenvalue weighted by atomic mass is 32.2. The highest BCUT2D eigenvalue weighted by Crippen LogP contribution is 2.45. The van der Waals surface area contributed by atoms with E-state index in [1.807, 2.05) is 42.5 Å². The van der Waals surface area contributed by atoms with Gasteiger partial charge in [-0.15, -0.1) is 6.58 Å². The van der Waals surface area contributed by atoms with Gasteiger partial charge in [-0.25, -0.2) is 13.4 Å². The molecule has 1 aliphatic heterocycles. The summed E-state index contributed by atoms with van der Waals surface area (Å²) < 4.78 is 33.2. The largest absolute Gasteiger partial charge is 0.472 e. The standard InChI is InChI=1S/C28H29N5O5S/c1-2-19-15-28(19,27(35)33-39(36,37)21-7-8-21)32-25(34)24-14-20(16-30-24)38-26-22-6-4-3-5-18(22)13-23(31-26)17-9-11-29-12-10-17/h2-6,9-13,19-21,24,30H,1,7-8,14-16H2,(H,32,34)(H,33,35)/t19-,20-,24+,28-/m1/s1. The molecule has 0 spiro atoms. The molecule has 1 saturated heterocycles. The van der Waals surface area contributed by atoms with Crippen LogP contribution in [0.5, 0.6) is 5.88 Å². The maximum Gasteiger partial charge on any atom is 0.259 e. The van der Waals surface area contributed by atoms with Crippen LogP contribution in [0.4, 0.5) is 0 Å². The summed E-state index contributed by atoms with van der Waals surface area (Å²) in [4.78, 5) is 35.0. The summed E-state index contributed by atoms with van der Waals surface area (Å²) in [6.07, 6.45) is 6.40. The predicted octanol–water partition coefficient (Wildman–Crippen LogP) is 2.08. The number of ether oxygens (including phenoxy) is 1. The summed E-state index contributed by atoms with van der Waals surface area (Å²) in [5.74, 6) is -0.951. The molecule has 0 unspecified atom stereocenters. The van der Waals surface area contributed by atoms with Crippen molar-refractivity contribution in [2.75, 3.05) is 6.54 Å². The van der Waals surface area contributed by atoms with E-state index >= 15 is 0 Å². The molecule has 1 aromatic carbocycles. The van der Waals surface area contributed by atoms with Gasteiger partial charge in [0.15, 0.2) is 0 Å². The average molecular weight is 548 g/mol. The maximum absolute atomic E-state index is 13.2. The van der Waals surface area contributed by atoms with Gasteiger partial charge < -0.3 is 15.4 Å². The summed E-state index contributed by atoms with van der Waals surface area (Å²) in [6, 6.07) is 13.0. The van der Waals surface area contributed by atoms with Crippen LogP contribution in [0.1, 0.15) is 25.7 Å². The van der Waals surface area contributed by atoms with Crippen LogP contribution in [0.2, 0.25) is 0 Å². The van der Waals surface area contributed by atoms with Crippen LogP contribution in [-0.4, -0.2) is 59.7 Å². The Hall–Kier alpha value is -3.83. The molecule has 4 atom stereocenters. The Balaban J connectivity index is 1.15.